The Morgan fingerprint density at radius 1 is 1.22 bits per heavy atom. The smallest absolute Gasteiger partial charge is 0.137 e. The van der Waals surface area contributed by atoms with Gasteiger partial charge in [0.2, 0.25) is 0 Å². The molecular weight excluding hydrogens is 314 g/mol. The SMILES string of the molecule is COc1cc([C@@H](N)c2cccs2)cc(OC)c1Br. The molecule has 18 heavy (non-hydrogen) atoms. The van der Waals surface area contributed by atoms with E-state index >= 15 is 0 Å². The molecule has 0 saturated carbocycles. The van der Waals surface area contributed by atoms with E-state index in [1.807, 2.05) is 29.6 Å². The number of thiophene rings is 1. The predicted octanol–water partition coefficient (Wildman–Crippen LogP) is 3.58. The van der Waals surface area contributed by atoms with Crippen LogP contribution in [0.15, 0.2) is 34.1 Å². The van der Waals surface area contributed by atoms with Crippen LogP contribution in [-0.2, 0) is 0 Å². The lowest BCUT2D eigenvalue weighted by Gasteiger charge is -2.15. The lowest BCUT2D eigenvalue weighted by molar-refractivity contribution is 0.388. The van der Waals surface area contributed by atoms with Crippen molar-refractivity contribution in [3.63, 3.8) is 0 Å². The third-order valence-corrected chi connectivity index (χ3v) is 4.41. The van der Waals surface area contributed by atoms with E-state index in [9.17, 15) is 0 Å². The van der Waals surface area contributed by atoms with Gasteiger partial charge in [-0.1, -0.05) is 6.07 Å². The van der Waals surface area contributed by atoms with E-state index in [4.69, 9.17) is 15.2 Å². The van der Waals surface area contributed by atoms with Gasteiger partial charge in [-0.25, -0.2) is 0 Å². The minimum absolute atomic E-state index is 0.166. The van der Waals surface area contributed by atoms with Crippen LogP contribution in [0.2, 0.25) is 0 Å². The zero-order valence-electron chi connectivity index (χ0n) is 10.1. The van der Waals surface area contributed by atoms with E-state index in [1.165, 1.54) is 0 Å². The van der Waals surface area contributed by atoms with Gasteiger partial charge in [-0.2, -0.15) is 0 Å². The maximum Gasteiger partial charge on any atom is 0.137 e. The minimum atomic E-state index is -0.166. The molecule has 0 unspecified atom stereocenters. The van der Waals surface area contributed by atoms with Gasteiger partial charge >= 0.3 is 0 Å². The zero-order chi connectivity index (χ0) is 13.1. The van der Waals surface area contributed by atoms with Crippen molar-refractivity contribution in [3.8, 4) is 11.5 Å². The van der Waals surface area contributed by atoms with Crippen molar-refractivity contribution in [2.45, 2.75) is 6.04 Å². The molecule has 0 fully saturated rings. The standard InChI is InChI=1S/C13H14BrNO2S/c1-16-9-6-8(7-10(17-2)12(9)14)13(15)11-4-3-5-18-11/h3-7,13H,15H2,1-2H3/t13-/m1/s1. The van der Waals surface area contributed by atoms with Crippen LogP contribution in [0.5, 0.6) is 11.5 Å². The van der Waals surface area contributed by atoms with Gasteiger partial charge < -0.3 is 15.2 Å². The lowest BCUT2D eigenvalue weighted by atomic mass is 10.1. The van der Waals surface area contributed by atoms with E-state index in [-0.39, 0.29) is 6.04 Å². The zero-order valence-corrected chi connectivity index (χ0v) is 12.5. The fourth-order valence-electron chi connectivity index (χ4n) is 1.70. The summed E-state index contributed by atoms with van der Waals surface area (Å²) in [4.78, 5) is 1.11. The molecule has 0 radical (unpaired) electrons. The van der Waals surface area contributed by atoms with Crippen molar-refractivity contribution in [1.82, 2.24) is 0 Å². The highest BCUT2D eigenvalue weighted by Crippen LogP contribution is 2.38. The van der Waals surface area contributed by atoms with Crippen molar-refractivity contribution >= 4 is 27.3 Å². The molecule has 0 spiro atoms. The van der Waals surface area contributed by atoms with E-state index < -0.39 is 0 Å². The topological polar surface area (TPSA) is 44.5 Å². The number of methoxy groups -OCH3 is 2. The summed E-state index contributed by atoms with van der Waals surface area (Å²) in [7, 11) is 3.25. The van der Waals surface area contributed by atoms with Crippen molar-refractivity contribution in [3.05, 3.63) is 44.6 Å². The highest BCUT2D eigenvalue weighted by atomic mass is 79.9. The molecule has 2 aromatic rings. The van der Waals surface area contributed by atoms with Gasteiger partial charge in [0.05, 0.1) is 20.3 Å². The molecule has 1 heterocycles. The van der Waals surface area contributed by atoms with Gasteiger partial charge in [0, 0.05) is 4.88 Å². The molecule has 3 nitrogen and oxygen atoms in total. The summed E-state index contributed by atoms with van der Waals surface area (Å²) in [6, 6.07) is 7.71. The Morgan fingerprint density at radius 2 is 1.83 bits per heavy atom. The average molecular weight is 328 g/mol. The maximum atomic E-state index is 6.24. The molecule has 0 bridgehead atoms. The summed E-state index contributed by atoms with van der Waals surface area (Å²) in [6.45, 7) is 0. The Hall–Kier alpha value is -1.04. The summed E-state index contributed by atoms with van der Waals surface area (Å²) in [6.07, 6.45) is 0. The van der Waals surface area contributed by atoms with Crippen molar-refractivity contribution < 1.29 is 9.47 Å². The molecule has 1 aromatic heterocycles. The van der Waals surface area contributed by atoms with Crippen LogP contribution in [0.25, 0.3) is 0 Å². The second kappa shape index (κ2) is 5.73. The molecule has 96 valence electrons. The summed E-state index contributed by atoms with van der Waals surface area (Å²) >= 11 is 5.08. The number of ether oxygens (including phenoxy) is 2. The number of benzene rings is 1. The summed E-state index contributed by atoms with van der Waals surface area (Å²) < 4.78 is 11.4. The number of rotatable bonds is 4. The number of nitrogens with two attached hydrogens (primary N) is 1. The summed E-state index contributed by atoms with van der Waals surface area (Å²) in [5.41, 5.74) is 7.21. The molecule has 1 atom stereocenters. The second-order valence-electron chi connectivity index (χ2n) is 3.73. The predicted molar refractivity (Wildman–Crippen MR) is 77.6 cm³/mol. The largest absolute Gasteiger partial charge is 0.495 e. The average Bonchev–Trinajstić information content (AvgIpc) is 2.92. The fourth-order valence-corrected chi connectivity index (χ4v) is 3.01. The minimum Gasteiger partial charge on any atom is -0.495 e. The molecule has 0 aliphatic carbocycles. The van der Waals surface area contributed by atoms with E-state index in [1.54, 1.807) is 25.6 Å². The first kappa shape index (κ1) is 13.4. The van der Waals surface area contributed by atoms with Crippen molar-refractivity contribution in [1.29, 1.82) is 0 Å². The number of halogens is 1. The molecule has 5 heteroatoms. The van der Waals surface area contributed by atoms with Crippen LogP contribution in [0.1, 0.15) is 16.5 Å². The first-order chi connectivity index (χ1) is 8.67. The van der Waals surface area contributed by atoms with Crippen molar-refractivity contribution in [2.75, 3.05) is 14.2 Å². The van der Waals surface area contributed by atoms with Gasteiger partial charge in [0.25, 0.3) is 0 Å². The lowest BCUT2D eigenvalue weighted by Crippen LogP contribution is -2.10. The van der Waals surface area contributed by atoms with Gasteiger partial charge in [-0.3, -0.25) is 0 Å². The van der Waals surface area contributed by atoms with E-state index in [2.05, 4.69) is 15.9 Å². The fraction of sp³-hybridized carbons (Fsp3) is 0.231. The van der Waals surface area contributed by atoms with Crippen LogP contribution in [-0.4, -0.2) is 14.2 Å². The Kier molecular flexibility index (Phi) is 4.27. The molecule has 1 aromatic carbocycles. The van der Waals surface area contributed by atoms with Gasteiger partial charge in [-0.15, -0.1) is 11.3 Å². The summed E-state index contributed by atoms with van der Waals surface area (Å²) in [5, 5.41) is 2.02. The first-order valence-corrected chi connectivity index (χ1v) is 7.05. The molecule has 0 saturated heterocycles. The quantitative estimate of drug-likeness (QED) is 0.933. The van der Waals surface area contributed by atoms with Crippen molar-refractivity contribution in [2.24, 2.45) is 5.73 Å². The van der Waals surface area contributed by atoms with Gasteiger partial charge in [0.1, 0.15) is 16.0 Å². The molecule has 2 N–H and O–H groups in total. The number of hydrogen-bond acceptors (Lipinski definition) is 4. The van der Waals surface area contributed by atoms with Gasteiger partial charge in [0.15, 0.2) is 0 Å². The van der Waals surface area contributed by atoms with Crippen LogP contribution < -0.4 is 15.2 Å². The Bertz CT molecular complexity index is 503. The third-order valence-electron chi connectivity index (χ3n) is 2.68. The third kappa shape index (κ3) is 2.53. The van der Waals surface area contributed by atoms with Crippen LogP contribution in [0, 0.1) is 0 Å². The molecule has 2 rings (SSSR count). The monoisotopic (exact) mass is 327 g/mol. The second-order valence-corrected chi connectivity index (χ2v) is 5.50. The highest BCUT2D eigenvalue weighted by Gasteiger charge is 2.16. The molecular formula is C13H14BrNO2S. The van der Waals surface area contributed by atoms with Crippen LogP contribution in [0.4, 0.5) is 0 Å². The normalized spacial score (nSPS) is 12.2. The summed E-state index contributed by atoms with van der Waals surface area (Å²) in [5.74, 6) is 1.44. The number of hydrogen-bond donors (Lipinski definition) is 1. The van der Waals surface area contributed by atoms with Crippen LogP contribution in [0.3, 0.4) is 0 Å². The Labute approximate surface area is 119 Å². The van der Waals surface area contributed by atoms with Gasteiger partial charge in [-0.05, 0) is 45.1 Å². The van der Waals surface area contributed by atoms with Crippen LogP contribution >= 0.6 is 27.3 Å². The maximum absolute atomic E-state index is 6.24. The first-order valence-electron chi connectivity index (χ1n) is 5.37. The van der Waals surface area contributed by atoms with E-state index in [0.29, 0.717) is 0 Å². The molecule has 0 aliphatic rings. The highest BCUT2D eigenvalue weighted by molar-refractivity contribution is 9.10. The molecule has 0 aliphatic heterocycles. The Balaban J connectivity index is 2.45. The Morgan fingerprint density at radius 3 is 2.28 bits per heavy atom. The van der Waals surface area contributed by atoms with E-state index in [0.717, 1.165) is 26.4 Å². The molecule has 0 amide bonds.